The zero-order valence-corrected chi connectivity index (χ0v) is 20.4. The van der Waals surface area contributed by atoms with E-state index in [9.17, 15) is 13.2 Å². The Hall–Kier alpha value is -2.53. The fraction of sp³-hybridized carbons (Fsp3) is 0.318. The molecule has 0 bridgehead atoms. The summed E-state index contributed by atoms with van der Waals surface area (Å²) in [5.74, 6) is -0.429. The number of benzene rings is 2. The molecule has 2 N–H and O–H groups in total. The van der Waals surface area contributed by atoms with Crippen LogP contribution in [0.25, 0.3) is 0 Å². The number of carbonyl (C=O) groups is 1. The van der Waals surface area contributed by atoms with Gasteiger partial charge in [-0.15, -0.1) is 10.2 Å². The molecule has 11 heteroatoms. The second-order valence-electron chi connectivity index (χ2n) is 7.82. The molecule has 174 valence electrons. The number of amides is 1. The number of rotatable bonds is 7. The Morgan fingerprint density at radius 3 is 2.36 bits per heavy atom. The zero-order valence-electron chi connectivity index (χ0n) is 18.0. The molecule has 3 aromatic rings. The van der Waals surface area contributed by atoms with Gasteiger partial charge in [0.1, 0.15) is 0 Å². The fourth-order valence-electron chi connectivity index (χ4n) is 3.62. The van der Waals surface area contributed by atoms with Gasteiger partial charge in [-0.1, -0.05) is 35.1 Å². The number of sulfonamides is 1. The number of carbonyl (C=O) groups excluding carboxylic acids is 1. The summed E-state index contributed by atoms with van der Waals surface area (Å²) in [4.78, 5) is 14.7. The molecule has 1 aliphatic rings. The van der Waals surface area contributed by atoms with Crippen LogP contribution in [0.15, 0.2) is 52.9 Å². The van der Waals surface area contributed by atoms with Crippen LogP contribution in [0, 0.1) is 0 Å². The molecular weight excluding hydrogens is 482 g/mol. The van der Waals surface area contributed by atoms with E-state index >= 15 is 0 Å². The van der Waals surface area contributed by atoms with E-state index in [4.69, 9.17) is 11.6 Å². The van der Waals surface area contributed by atoms with E-state index < -0.39 is 22.0 Å². The van der Waals surface area contributed by atoms with Crippen LogP contribution in [0.3, 0.4) is 0 Å². The molecule has 1 fully saturated rings. The summed E-state index contributed by atoms with van der Waals surface area (Å²) < 4.78 is 28.0. The van der Waals surface area contributed by atoms with E-state index in [1.165, 1.54) is 19.3 Å². The predicted octanol–water partition coefficient (Wildman–Crippen LogP) is 4.47. The molecule has 1 atom stereocenters. The lowest BCUT2D eigenvalue weighted by molar-refractivity contribution is 0.102. The lowest BCUT2D eigenvalue weighted by atomic mass is 10.1. The number of halogens is 1. The van der Waals surface area contributed by atoms with E-state index in [-0.39, 0.29) is 9.47 Å². The molecule has 2 aromatic carbocycles. The minimum Gasteiger partial charge on any atom is -0.372 e. The van der Waals surface area contributed by atoms with Crippen molar-refractivity contribution in [2.45, 2.75) is 36.6 Å². The maximum atomic E-state index is 12.8. The maximum Gasteiger partial charge on any atom is 0.270 e. The van der Waals surface area contributed by atoms with Crippen molar-refractivity contribution >= 4 is 49.7 Å². The normalized spacial score (nSPS) is 15.3. The van der Waals surface area contributed by atoms with E-state index in [1.54, 1.807) is 31.2 Å². The van der Waals surface area contributed by atoms with Crippen LogP contribution in [0.2, 0.25) is 5.02 Å². The Morgan fingerprint density at radius 2 is 1.70 bits per heavy atom. The van der Waals surface area contributed by atoms with Gasteiger partial charge in [0.2, 0.25) is 9.47 Å². The molecule has 1 amide bonds. The van der Waals surface area contributed by atoms with Crippen molar-refractivity contribution in [2.24, 2.45) is 0 Å². The third-order valence-electron chi connectivity index (χ3n) is 5.41. The summed E-state index contributed by atoms with van der Waals surface area (Å²) in [7, 11) is -3.91. The summed E-state index contributed by atoms with van der Waals surface area (Å²) in [5, 5.41) is 10.7. The summed E-state index contributed by atoms with van der Waals surface area (Å²) >= 11 is 6.62. The minimum absolute atomic E-state index is 0.0915. The van der Waals surface area contributed by atoms with Crippen LogP contribution in [-0.4, -0.2) is 37.6 Å². The summed E-state index contributed by atoms with van der Waals surface area (Å²) in [5.41, 5.74) is 2.37. The lowest BCUT2D eigenvalue weighted by Gasteiger charge is -2.29. The van der Waals surface area contributed by atoms with Gasteiger partial charge in [-0.2, -0.15) is 0 Å². The summed E-state index contributed by atoms with van der Waals surface area (Å²) in [6, 6.07) is 13.8. The van der Waals surface area contributed by atoms with Crippen molar-refractivity contribution in [1.82, 2.24) is 14.9 Å². The zero-order chi connectivity index (χ0) is 23.4. The van der Waals surface area contributed by atoms with Crippen LogP contribution in [-0.2, 0) is 10.0 Å². The predicted molar refractivity (Wildman–Crippen MR) is 131 cm³/mol. The number of hydrogen-bond donors (Lipinski definition) is 2. The molecule has 1 aliphatic heterocycles. The second kappa shape index (κ2) is 10.2. The Balaban J connectivity index is 1.39. The highest BCUT2D eigenvalue weighted by atomic mass is 35.5. The first-order valence-electron chi connectivity index (χ1n) is 10.6. The molecule has 0 saturated carbocycles. The highest BCUT2D eigenvalue weighted by Crippen LogP contribution is 2.25. The lowest BCUT2D eigenvalue weighted by Crippen LogP contribution is -2.29. The Labute approximate surface area is 202 Å². The van der Waals surface area contributed by atoms with Crippen LogP contribution in [0.4, 0.5) is 10.8 Å². The molecule has 1 unspecified atom stereocenters. The van der Waals surface area contributed by atoms with Gasteiger partial charge in [0, 0.05) is 35.4 Å². The number of aromatic nitrogens is 2. The van der Waals surface area contributed by atoms with Gasteiger partial charge in [-0.05, 0) is 68.1 Å². The van der Waals surface area contributed by atoms with E-state index in [1.807, 2.05) is 24.3 Å². The van der Waals surface area contributed by atoms with Crippen molar-refractivity contribution < 1.29 is 13.2 Å². The highest BCUT2D eigenvalue weighted by Gasteiger charge is 2.24. The van der Waals surface area contributed by atoms with E-state index in [0.717, 1.165) is 35.7 Å². The smallest absolute Gasteiger partial charge is 0.270 e. The fourth-order valence-corrected chi connectivity index (χ4v) is 5.89. The quantitative estimate of drug-likeness (QED) is 0.459. The van der Waals surface area contributed by atoms with Crippen molar-refractivity contribution in [3.8, 4) is 0 Å². The van der Waals surface area contributed by atoms with E-state index in [2.05, 4.69) is 25.1 Å². The summed E-state index contributed by atoms with van der Waals surface area (Å²) in [6.45, 7) is 3.88. The number of anilines is 2. The van der Waals surface area contributed by atoms with Gasteiger partial charge in [0.05, 0.1) is 0 Å². The van der Waals surface area contributed by atoms with Crippen LogP contribution in [0.1, 0.15) is 48.1 Å². The van der Waals surface area contributed by atoms with Gasteiger partial charge in [0.25, 0.3) is 15.9 Å². The molecule has 8 nitrogen and oxygen atoms in total. The third kappa shape index (κ3) is 5.89. The van der Waals surface area contributed by atoms with Crippen molar-refractivity contribution in [3.05, 3.63) is 64.7 Å². The molecule has 33 heavy (non-hydrogen) atoms. The van der Waals surface area contributed by atoms with Crippen molar-refractivity contribution in [3.63, 3.8) is 0 Å². The van der Waals surface area contributed by atoms with Gasteiger partial charge in [0.15, 0.2) is 0 Å². The largest absolute Gasteiger partial charge is 0.372 e. The van der Waals surface area contributed by atoms with Crippen LogP contribution in [0.5, 0.6) is 0 Å². The number of nitrogens with one attached hydrogen (secondary N) is 2. The SMILES string of the molecule is CC(NS(=O)(=O)c1nnc(NC(=O)c2ccc(Cl)cc2)s1)c1ccc(N2CCCCC2)cc1. The molecule has 1 aromatic heterocycles. The van der Waals surface area contributed by atoms with Crippen LogP contribution >= 0.6 is 22.9 Å². The average Bonchev–Trinajstić information content (AvgIpc) is 3.29. The van der Waals surface area contributed by atoms with Gasteiger partial charge < -0.3 is 4.90 Å². The standard InChI is InChI=1S/C22H24ClN5O3S2/c1-15(16-7-11-19(12-8-16)28-13-3-2-4-14-28)27-33(30,31)22-26-25-21(32-22)24-20(29)17-5-9-18(23)10-6-17/h5-12,15,27H,2-4,13-14H2,1H3,(H,24,25,29). The first-order chi connectivity index (χ1) is 15.8. The molecule has 2 heterocycles. The van der Waals surface area contributed by atoms with Crippen molar-refractivity contribution in [1.29, 1.82) is 0 Å². The Morgan fingerprint density at radius 1 is 1.03 bits per heavy atom. The van der Waals surface area contributed by atoms with Gasteiger partial charge in [-0.3, -0.25) is 10.1 Å². The highest BCUT2D eigenvalue weighted by molar-refractivity contribution is 7.91. The third-order valence-corrected chi connectivity index (χ3v) is 8.41. The number of nitrogens with zero attached hydrogens (tertiary/aromatic N) is 3. The maximum absolute atomic E-state index is 12.8. The molecule has 0 aliphatic carbocycles. The first kappa shape index (κ1) is 23.6. The topological polar surface area (TPSA) is 104 Å². The molecular formula is C22H24ClN5O3S2. The average molecular weight is 506 g/mol. The van der Waals surface area contributed by atoms with Crippen LogP contribution < -0.4 is 14.9 Å². The number of piperidine rings is 1. The van der Waals surface area contributed by atoms with Crippen molar-refractivity contribution in [2.75, 3.05) is 23.3 Å². The summed E-state index contributed by atoms with van der Waals surface area (Å²) in [6.07, 6.45) is 3.66. The Kier molecular flexibility index (Phi) is 7.28. The molecule has 0 spiro atoms. The first-order valence-corrected chi connectivity index (χ1v) is 13.3. The molecule has 1 saturated heterocycles. The second-order valence-corrected chi connectivity index (χ2v) is 11.1. The Bertz CT molecular complexity index is 1210. The molecule has 4 rings (SSSR count). The number of hydrogen-bond acceptors (Lipinski definition) is 7. The minimum atomic E-state index is -3.91. The van der Waals surface area contributed by atoms with Gasteiger partial charge in [-0.25, -0.2) is 13.1 Å². The van der Waals surface area contributed by atoms with E-state index in [0.29, 0.717) is 10.6 Å². The monoisotopic (exact) mass is 505 g/mol. The van der Waals surface area contributed by atoms with Gasteiger partial charge >= 0.3 is 0 Å². The molecule has 0 radical (unpaired) electrons.